The molecule has 5 nitrogen and oxygen atoms in total. The number of imidazole rings is 1. The lowest BCUT2D eigenvalue weighted by Crippen LogP contribution is -2.14. The van der Waals surface area contributed by atoms with Gasteiger partial charge in [0.1, 0.15) is 0 Å². The van der Waals surface area contributed by atoms with Crippen LogP contribution in [0.5, 0.6) is 0 Å². The zero-order valence-electron chi connectivity index (χ0n) is 10.4. The Morgan fingerprint density at radius 2 is 2.12 bits per heavy atom. The summed E-state index contributed by atoms with van der Waals surface area (Å²) in [5, 5.41) is 7.53. The Bertz CT molecular complexity index is 429. The Labute approximate surface area is 101 Å². The Kier molecular flexibility index (Phi) is 3.80. The van der Waals surface area contributed by atoms with E-state index in [-0.39, 0.29) is 0 Å². The van der Waals surface area contributed by atoms with Crippen LogP contribution in [-0.4, -0.2) is 25.9 Å². The number of nitrogens with zero attached hydrogens (tertiary/aromatic N) is 4. The largest absolute Gasteiger partial charge is 0.355 e. The van der Waals surface area contributed by atoms with E-state index in [2.05, 4.69) is 33.8 Å². The normalized spacial score (nSPS) is 11.0. The van der Waals surface area contributed by atoms with Crippen molar-refractivity contribution >= 4 is 5.95 Å². The van der Waals surface area contributed by atoms with Crippen molar-refractivity contribution in [3.63, 3.8) is 0 Å². The number of hydrogen-bond acceptors (Lipinski definition) is 3. The maximum Gasteiger partial charge on any atom is 0.202 e. The number of aryl methyl sites for hydroxylation is 2. The SMILES string of the molecule is CC(C)CNc1nccn1CCn1cccn1. The monoisotopic (exact) mass is 233 g/mol. The molecule has 0 spiro atoms. The van der Waals surface area contributed by atoms with Crippen LogP contribution >= 0.6 is 0 Å². The quantitative estimate of drug-likeness (QED) is 0.828. The van der Waals surface area contributed by atoms with Crippen LogP contribution in [0.25, 0.3) is 0 Å². The topological polar surface area (TPSA) is 47.7 Å². The molecule has 0 saturated carbocycles. The summed E-state index contributed by atoms with van der Waals surface area (Å²) < 4.78 is 4.04. The van der Waals surface area contributed by atoms with Gasteiger partial charge >= 0.3 is 0 Å². The fourth-order valence-corrected chi connectivity index (χ4v) is 1.60. The average molecular weight is 233 g/mol. The van der Waals surface area contributed by atoms with E-state index in [1.54, 1.807) is 6.20 Å². The van der Waals surface area contributed by atoms with Crippen molar-refractivity contribution in [1.82, 2.24) is 19.3 Å². The highest BCUT2D eigenvalue weighted by Gasteiger charge is 2.03. The van der Waals surface area contributed by atoms with Crippen LogP contribution < -0.4 is 5.32 Å². The van der Waals surface area contributed by atoms with E-state index < -0.39 is 0 Å². The van der Waals surface area contributed by atoms with E-state index in [1.165, 1.54) is 0 Å². The molecule has 2 heterocycles. The van der Waals surface area contributed by atoms with Gasteiger partial charge in [0, 0.05) is 37.9 Å². The Morgan fingerprint density at radius 3 is 2.82 bits per heavy atom. The van der Waals surface area contributed by atoms with E-state index >= 15 is 0 Å². The molecule has 0 atom stereocenters. The van der Waals surface area contributed by atoms with Crippen LogP contribution in [0, 0.1) is 5.92 Å². The van der Waals surface area contributed by atoms with Crippen molar-refractivity contribution in [3.8, 4) is 0 Å². The second-order valence-electron chi connectivity index (χ2n) is 4.49. The smallest absolute Gasteiger partial charge is 0.202 e. The third-order valence-electron chi connectivity index (χ3n) is 2.51. The minimum Gasteiger partial charge on any atom is -0.355 e. The molecule has 2 rings (SSSR count). The predicted molar refractivity (Wildman–Crippen MR) is 67.8 cm³/mol. The summed E-state index contributed by atoms with van der Waals surface area (Å²) in [7, 11) is 0. The molecule has 17 heavy (non-hydrogen) atoms. The van der Waals surface area contributed by atoms with Gasteiger partial charge in [-0.15, -0.1) is 0 Å². The van der Waals surface area contributed by atoms with Gasteiger partial charge in [-0.2, -0.15) is 5.10 Å². The number of nitrogens with one attached hydrogen (secondary N) is 1. The average Bonchev–Trinajstić information content (AvgIpc) is 2.95. The van der Waals surface area contributed by atoms with Gasteiger partial charge in [0.25, 0.3) is 0 Å². The van der Waals surface area contributed by atoms with Gasteiger partial charge in [0.2, 0.25) is 5.95 Å². The van der Waals surface area contributed by atoms with E-state index in [9.17, 15) is 0 Å². The van der Waals surface area contributed by atoms with Gasteiger partial charge in [-0.05, 0) is 12.0 Å². The molecule has 5 heteroatoms. The van der Waals surface area contributed by atoms with Crippen LogP contribution in [0.3, 0.4) is 0 Å². The maximum atomic E-state index is 4.31. The van der Waals surface area contributed by atoms with Crippen LogP contribution in [0.1, 0.15) is 13.8 Å². The number of hydrogen-bond donors (Lipinski definition) is 1. The lowest BCUT2D eigenvalue weighted by atomic mass is 10.2. The molecule has 0 aliphatic carbocycles. The van der Waals surface area contributed by atoms with Crippen LogP contribution in [0.2, 0.25) is 0 Å². The zero-order valence-corrected chi connectivity index (χ0v) is 10.4. The first-order valence-electron chi connectivity index (χ1n) is 5.98. The molecule has 0 aliphatic rings. The molecule has 0 amide bonds. The lowest BCUT2D eigenvalue weighted by Gasteiger charge is -2.11. The fourth-order valence-electron chi connectivity index (χ4n) is 1.60. The van der Waals surface area contributed by atoms with Crippen LogP contribution in [0.15, 0.2) is 30.9 Å². The molecule has 2 aromatic heterocycles. The highest BCUT2D eigenvalue weighted by molar-refractivity contribution is 5.25. The second kappa shape index (κ2) is 5.52. The van der Waals surface area contributed by atoms with E-state index in [1.807, 2.05) is 29.3 Å². The fraction of sp³-hybridized carbons (Fsp3) is 0.500. The molecule has 2 aromatic rings. The van der Waals surface area contributed by atoms with Crippen molar-refractivity contribution in [3.05, 3.63) is 30.9 Å². The number of aromatic nitrogens is 4. The highest BCUT2D eigenvalue weighted by atomic mass is 15.3. The molecular formula is C12H19N5. The molecule has 0 radical (unpaired) electrons. The van der Waals surface area contributed by atoms with Gasteiger partial charge < -0.3 is 9.88 Å². The molecule has 0 fully saturated rings. The third kappa shape index (κ3) is 3.34. The van der Waals surface area contributed by atoms with Gasteiger partial charge in [-0.25, -0.2) is 4.98 Å². The molecule has 1 N–H and O–H groups in total. The van der Waals surface area contributed by atoms with Crippen LogP contribution in [0.4, 0.5) is 5.95 Å². The van der Waals surface area contributed by atoms with Crippen molar-refractivity contribution in [1.29, 1.82) is 0 Å². The summed E-state index contributed by atoms with van der Waals surface area (Å²) in [6.07, 6.45) is 7.59. The second-order valence-corrected chi connectivity index (χ2v) is 4.49. The predicted octanol–water partition coefficient (Wildman–Crippen LogP) is 1.85. The number of rotatable bonds is 6. The Hall–Kier alpha value is -1.78. The summed E-state index contributed by atoms with van der Waals surface area (Å²) in [6.45, 7) is 7.05. The molecule has 0 saturated heterocycles. The molecule has 92 valence electrons. The summed E-state index contributed by atoms with van der Waals surface area (Å²) >= 11 is 0. The number of anilines is 1. The third-order valence-corrected chi connectivity index (χ3v) is 2.51. The molecule has 0 bridgehead atoms. The molecule has 0 aromatic carbocycles. The maximum absolute atomic E-state index is 4.31. The van der Waals surface area contributed by atoms with E-state index in [4.69, 9.17) is 0 Å². The Morgan fingerprint density at radius 1 is 1.24 bits per heavy atom. The summed E-state index contributed by atoms with van der Waals surface area (Å²) in [4.78, 5) is 4.31. The van der Waals surface area contributed by atoms with Crippen molar-refractivity contribution in [2.75, 3.05) is 11.9 Å². The van der Waals surface area contributed by atoms with Crippen LogP contribution in [-0.2, 0) is 13.1 Å². The van der Waals surface area contributed by atoms with Crippen molar-refractivity contribution in [2.24, 2.45) is 5.92 Å². The first-order valence-corrected chi connectivity index (χ1v) is 5.98. The van der Waals surface area contributed by atoms with E-state index in [0.717, 1.165) is 25.6 Å². The standard InChI is InChI=1S/C12H19N5/c1-11(2)10-14-12-13-5-7-16(12)8-9-17-6-3-4-15-17/h3-7,11H,8-10H2,1-2H3,(H,13,14). The molecule has 0 unspecified atom stereocenters. The Balaban J connectivity index is 1.90. The summed E-state index contributed by atoms with van der Waals surface area (Å²) in [5.41, 5.74) is 0. The summed E-state index contributed by atoms with van der Waals surface area (Å²) in [6, 6.07) is 1.94. The van der Waals surface area contributed by atoms with E-state index in [0.29, 0.717) is 5.92 Å². The van der Waals surface area contributed by atoms with Crippen molar-refractivity contribution in [2.45, 2.75) is 26.9 Å². The minimum absolute atomic E-state index is 0.617. The molecular weight excluding hydrogens is 214 g/mol. The van der Waals surface area contributed by atoms with Gasteiger partial charge in [0.05, 0.1) is 6.54 Å². The van der Waals surface area contributed by atoms with Crippen molar-refractivity contribution < 1.29 is 0 Å². The highest BCUT2D eigenvalue weighted by Crippen LogP contribution is 2.05. The first kappa shape index (κ1) is 11.7. The molecule has 0 aliphatic heterocycles. The lowest BCUT2D eigenvalue weighted by molar-refractivity contribution is 0.534. The first-order chi connectivity index (χ1) is 8.25. The van der Waals surface area contributed by atoms with Gasteiger partial charge in [0.15, 0.2) is 0 Å². The minimum atomic E-state index is 0.617. The van der Waals surface area contributed by atoms with Gasteiger partial charge in [-0.3, -0.25) is 4.68 Å². The zero-order chi connectivity index (χ0) is 12.1. The van der Waals surface area contributed by atoms with Gasteiger partial charge in [-0.1, -0.05) is 13.8 Å². The summed E-state index contributed by atoms with van der Waals surface area (Å²) in [5.74, 6) is 1.55.